The minimum Gasteiger partial charge on any atom is -0.461 e. The highest BCUT2D eigenvalue weighted by atomic mass is 16.6. The first kappa shape index (κ1) is 25.1. The third-order valence-electron chi connectivity index (χ3n) is 4.73. The van der Waals surface area contributed by atoms with Crippen LogP contribution in [0.2, 0.25) is 0 Å². The molecule has 1 aliphatic carbocycles. The molecule has 9 heteroatoms. The van der Waals surface area contributed by atoms with Gasteiger partial charge in [0.1, 0.15) is 24.6 Å². The van der Waals surface area contributed by atoms with Crippen LogP contribution in [0.4, 0.5) is 0 Å². The summed E-state index contributed by atoms with van der Waals surface area (Å²) >= 11 is 0. The maximum atomic E-state index is 12.6. The van der Waals surface area contributed by atoms with Crippen LogP contribution in [0.15, 0.2) is 46.8 Å². The number of hydrogen-bond donors (Lipinski definition) is 1. The molecule has 3 atom stereocenters. The van der Waals surface area contributed by atoms with Crippen molar-refractivity contribution in [2.45, 2.75) is 65.3 Å². The van der Waals surface area contributed by atoms with Crippen molar-refractivity contribution in [3.8, 4) is 0 Å². The fourth-order valence-electron chi connectivity index (χ4n) is 3.45. The van der Waals surface area contributed by atoms with Gasteiger partial charge in [0.25, 0.3) is 0 Å². The molecular formula is C23H28O9. The summed E-state index contributed by atoms with van der Waals surface area (Å²) in [6.07, 6.45) is 1.30. The maximum absolute atomic E-state index is 12.6. The Morgan fingerprint density at radius 3 is 2.44 bits per heavy atom. The van der Waals surface area contributed by atoms with Crippen LogP contribution in [0, 0.1) is 0 Å². The highest BCUT2D eigenvalue weighted by Gasteiger charge is 2.40. The van der Waals surface area contributed by atoms with Crippen LogP contribution in [-0.4, -0.2) is 53.4 Å². The summed E-state index contributed by atoms with van der Waals surface area (Å²) in [6.45, 7) is 10.3. The fourth-order valence-corrected chi connectivity index (χ4v) is 3.45. The highest BCUT2D eigenvalue weighted by molar-refractivity contribution is 5.96. The SMILES string of the molecule is C=C(C)C(=O)O[C@H]1C/C(C)=C\[C@@H](OC(C)=O)C[C@@](C)(O)/C=C2\OC(=O)C(COC(C)=O)=C21. The molecule has 0 spiro atoms. The molecular weight excluding hydrogens is 420 g/mol. The molecule has 2 rings (SSSR count). The van der Waals surface area contributed by atoms with Crippen molar-refractivity contribution in [1.82, 2.24) is 0 Å². The van der Waals surface area contributed by atoms with E-state index in [0.717, 1.165) is 0 Å². The summed E-state index contributed by atoms with van der Waals surface area (Å²) in [6, 6.07) is 0. The van der Waals surface area contributed by atoms with Crippen molar-refractivity contribution in [2.75, 3.05) is 6.61 Å². The monoisotopic (exact) mass is 448 g/mol. The number of esters is 4. The molecule has 0 aromatic heterocycles. The summed E-state index contributed by atoms with van der Waals surface area (Å²) in [7, 11) is 0. The molecule has 0 saturated heterocycles. The van der Waals surface area contributed by atoms with Gasteiger partial charge in [-0.25, -0.2) is 9.59 Å². The summed E-state index contributed by atoms with van der Waals surface area (Å²) in [5, 5.41) is 10.9. The Kier molecular flexibility index (Phi) is 7.79. The van der Waals surface area contributed by atoms with E-state index in [4.69, 9.17) is 18.9 Å². The predicted molar refractivity (Wildman–Crippen MR) is 112 cm³/mol. The highest BCUT2D eigenvalue weighted by Crippen LogP contribution is 2.37. The lowest BCUT2D eigenvalue weighted by Crippen LogP contribution is -2.32. The van der Waals surface area contributed by atoms with Crippen LogP contribution in [-0.2, 0) is 38.1 Å². The van der Waals surface area contributed by atoms with E-state index in [1.807, 2.05) is 0 Å². The number of ether oxygens (including phenoxy) is 4. The number of rotatable bonds is 5. The first-order valence-electron chi connectivity index (χ1n) is 10.0. The van der Waals surface area contributed by atoms with Gasteiger partial charge < -0.3 is 24.1 Å². The normalized spacial score (nSPS) is 28.9. The number of carbonyl (C=O) groups is 4. The van der Waals surface area contributed by atoms with E-state index in [0.29, 0.717) is 5.57 Å². The minimum atomic E-state index is -1.56. The summed E-state index contributed by atoms with van der Waals surface area (Å²) in [5.74, 6) is -2.62. The zero-order valence-electron chi connectivity index (χ0n) is 18.9. The first-order chi connectivity index (χ1) is 14.8. The molecule has 32 heavy (non-hydrogen) atoms. The van der Waals surface area contributed by atoms with Gasteiger partial charge >= 0.3 is 23.9 Å². The van der Waals surface area contributed by atoms with Crippen molar-refractivity contribution in [2.24, 2.45) is 0 Å². The molecule has 1 aliphatic heterocycles. The van der Waals surface area contributed by atoms with Crippen molar-refractivity contribution in [3.63, 3.8) is 0 Å². The third-order valence-corrected chi connectivity index (χ3v) is 4.73. The lowest BCUT2D eigenvalue weighted by atomic mass is 9.89. The average molecular weight is 448 g/mol. The van der Waals surface area contributed by atoms with Crippen LogP contribution in [0.25, 0.3) is 0 Å². The van der Waals surface area contributed by atoms with E-state index in [-0.39, 0.29) is 41.9 Å². The molecule has 0 aromatic carbocycles. The van der Waals surface area contributed by atoms with Crippen LogP contribution in [0.1, 0.15) is 47.5 Å². The van der Waals surface area contributed by atoms with Gasteiger partial charge in [-0.1, -0.05) is 12.2 Å². The van der Waals surface area contributed by atoms with E-state index >= 15 is 0 Å². The standard InChI is InChI=1S/C23H28O9/c1-12(2)21(26)31-18-8-13(3)7-16(30-15(5)25)9-23(6,28)10-19-20(18)17(22(27)32-19)11-29-14(4)24/h7,10,16,18,28H,1,8-9,11H2,2-6H3/b13-7-,19-10-/t16-,18+,23-/m1/s1. The van der Waals surface area contributed by atoms with Gasteiger partial charge in [0.2, 0.25) is 0 Å². The molecule has 9 nitrogen and oxygen atoms in total. The molecule has 0 unspecified atom stereocenters. The topological polar surface area (TPSA) is 125 Å². The molecule has 174 valence electrons. The Morgan fingerprint density at radius 1 is 1.22 bits per heavy atom. The van der Waals surface area contributed by atoms with E-state index in [2.05, 4.69) is 6.58 Å². The van der Waals surface area contributed by atoms with E-state index in [1.54, 1.807) is 13.0 Å². The van der Waals surface area contributed by atoms with Crippen LogP contribution >= 0.6 is 0 Å². The van der Waals surface area contributed by atoms with E-state index in [9.17, 15) is 24.3 Å². The molecule has 0 fully saturated rings. The molecule has 2 aliphatic rings. The second kappa shape index (κ2) is 9.95. The molecule has 0 aromatic rings. The smallest absolute Gasteiger partial charge is 0.343 e. The van der Waals surface area contributed by atoms with Gasteiger partial charge in [-0.2, -0.15) is 0 Å². The number of hydrogen-bond acceptors (Lipinski definition) is 9. The molecule has 0 radical (unpaired) electrons. The number of fused-ring (bicyclic) bond motifs is 1. The summed E-state index contributed by atoms with van der Waals surface area (Å²) in [5.41, 5.74) is -0.538. The van der Waals surface area contributed by atoms with Gasteiger partial charge in [-0.05, 0) is 32.9 Å². The molecule has 0 bridgehead atoms. The van der Waals surface area contributed by atoms with Gasteiger partial charge in [0.05, 0.1) is 11.2 Å². The quantitative estimate of drug-likeness (QED) is 0.291. The first-order valence-corrected chi connectivity index (χ1v) is 10.0. The van der Waals surface area contributed by atoms with Crippen LogP contribution in [0.3, 0.4) is 0 Å². The number of carbonyl (C=O) groups excluding carboxylic acids is 4. The zero-order valence-corrected chi connectivity index (χ0v) is 18.9. The zero-order chi connectivity index (χ0) is 24.2. The molecule has 0 saturated carbocycles. The Labute approximate surface area is 186 Å². The Morgan fingerprint density at radius 2 is 1.88 bits per heavy atom. The Balaban J connectivity index is 2.64. The van der Waals surface area contributed by atoms with Crippen molar-refractivity contribution >= 4 is 23.9 Å². The lowest BCUT2D eigenvalue weighted by molar-refractivity contribution is -0.146. The third kappa shape index (κ3) is 6.65. The van der Waals surface area contributed by atoms with Crippen molar-refractivity contribution < 1.29 is 43.2 Å². The minimum absolute atomic E-state index is 0.00618. The number of aliphatic hydroxyl groups is 1. The largest absolute Gasteiger partial charge is 0.461 e. The Bertz CT molecular complexity index is 933. The predicted octanol–water partition coefficient (Wildman–Crippen LogP) is 2.20. The second-order valence-electron chi connectivity index (χ2n) is 8.17. The average Bonchev–Trinajstić information content (AvgIpc) is 2.91. The van der Waals surface area contributed by atoms with E-state index < -0.39 is 41.7 Å². The van der Waals surface area contributed by atoms with E-state index in [1.165, 1.54) is 33.8 Å². The fraction of sp³-hybridized carbons (Fsp3) is 0.478. The lowest BCUT2D eigenvalue weighted by Gasteiger charge is -2.28. The van der Waals surface area contributed by atoms with Crippen LogP contribution < -0.4 is 0 Å². The van der Waals surface area contributed by atoms with Gasteiger partial charge in [-0.3, -0.25) is 9.59 Å². The second-order valence-corrected chi connectivity index (χ2v) is 8.17. The molecule has 0 amide bonds. The molecule has 1 N–H and O–H groups in total. The van der Waals surface area contributed by atoms with Crippen LogP contribution in [0.5, 0.6) is 0 Å². The van der Waals surface area contributed by atoms with Gasteiger partial charge in [0.15, 0.2) is 0 Å². The van der Waals surface area contributed by atoms with Gasteiger partial charge in [-0.15, -0.1) is 0 Å². The summed E-state index contributed by atoms with van der Waals surface area (Å²) < 4.78 is 21.3. The molecule has 1 heterocycles. The summed E-state index contributed by atoms with van der Waals surface area (Å²) in [4.78, 5) is 47.8. The van der Waals surface area contributed by atoms with Gasteiger partial charge in [0, 0.05) is 37.8 Å². The van der Waals surface area contributed by atoms with Crippen molar-refractivity contribution in [3.05, 3.63) is 46.8 Å². The van der Waals surface area contributed by atoms with Crippen molar-refractivity contribution in [1.29, 1.82) is 0 Å². The maximum Gasteiger partial charge on any atom is 0.343 e. The Hall–Kier alpha value is -3.20.